The van der Waals surface area contributed by atoms with Crippen molar-refractivity contribution in [1.29, 1.82) is 0 Å². The first-order valence-corrected chi connectivity index (χ1v) is 4.90. The fourth-order valence-corrected chi connectivity index (χ4v) is 1.49. The molecule has 1 aromatic rings. The Morgan fingerprint density at radius 2 is 2.38 bits per heavy atom. The molecule has 2 N–H and O–H groups in total. The number of nitrogens with zero attached hydrogens (tertiary/aromatic N) is 4. The Bertz CT molecular complexity index is 253. The highest BCUT2D eigenvalue weighted by Gasteiger charge is 2.07. The van der Waals surface area contributed by atoms with Crippen LogP contribution in [-0.4, -0.2) is 48.9 Å². The summed E-state index contributed by atoms with van der Waals surface area (Å²) in [7, 11) is 0. The predicted molar refractivity (Wildman–Crippen MR) is 47.3 cm³/mol. The molecule has 1 aromatic heterocycles. The van der Waals surface area contributed by atoms with Crippen molar-refractivity contribution in [3.8, 4) is 0 Å². The van der Waals surface area contributed by atoms with Gasteiger partial charge in [-0.1, -0.05) is 11.8 Å². The van der Waals surface area contributed by atoms with Gasteiger partial charge in [-0.15, -0.1) is 5.10 Å². The number of aliphatic hydroxyl groups is 2. The fourth-order valence-electron chi connectivity index (χ4n) is 0.730. The number of hydrogen-bond acceptors (Lipinski definition) is 6. The van der Waals surface area contributed by atoms with Gasteiger partial charge in [-0.05, 0) is 17.4 Å². The SMILES string of the molecule is CC(O)CSc1nnnn1CCO. The molecule has 0 amide bonds. The molecule has 1 heterocycles. The van der Waals surface area contributed by atoms with Gasteiger partial charge in [0.05, 0.1) is 19.3 Å². The molecule has 1 unspecified atom stereocenters. The summed E-state index contributed by atoms with van der Waals surface area (Å²) in [5.74, 6) is 0.547. The van der Waals surface area contributed by atoms with Crippen LogP contribution in [0.3, 0.4) is 0 Å². The van der Waals surface area contributed by atoms with Gasteiger partial charge in [0.25, 0.3) is 0 Å². The van der Waals surface area contributed by atoms with E-state index in [0.717, 1.165) is 0 Å². The summed E-state index contributed by atoms with van der Waals surface area (Å²) in [5.41, 5.74) is 0. The summed E-state index contributed by atoms with van der Waals surface area (Å²) in [6.07, 6.45) is -0.385. The predicted octanol–water partition coefficient (Wildman–Crippen LogP) is -0.862. The molecule has 0 aromatic carbocycles. The summed E-state index contributed by atoms with van der Waals surface area (Å²) in [4.78, 5) is 0. The standard InChI is InChI=1S/C6H12N4O2S/c1-5(12)4-13-6-7-8-9-10(6)2-3-11/h5,11-12H,2-4H2,1H3. The minimum atomic E-state index is -0.385. The Morgan fingerprint density at radius 3 is 3.00 bits per heavy atom. The second-order valence-corrected chi connectivity index (χ2v) is 3.56. The maximum Gasteiger partial charge on any atom is 0.209 e. The fraction of sp³-hybridized carbons (Fsp3) is 0.833. The van der Waals surface area contributed by atoms with Gasteiger partial charge in [-0.25, -0.2) is 4.68 Å². The lowest BCUT2D eigenvalue weighted by molar-refractivity contribution is 0.220. The molecule has 1 rings (SSSR count). The summed E-state index contributed by atoms with van der Waals surface area (Å²) in [5, 5.41) is 29.2. The minimum absolute atomic E-state index is 0.00722. The molecule has 1 atom stereocenters. The maximum absolute atomic E-state index is 9.02. The zero-order valence-corrected chi connectivity index (χ0v) is 8.11. The van der Waals surface area contributed by atoms with E-state index >= 15 is 0 Å². The van der Waals surface area contributed by atoms with E-state index in [9.17, 15) is 0 Å². The van der Waals surface area contributed by atoms with Gasteiger partial charge in [0, 0.05) is 5.75 Å². The van der Waals surface area contributed by atoms with E-state index < -0.39 is 0 Å². The second kappa shape index (κ2) is 5.15. The third-order valence-corrected chi connectivity index (χ3v) is 2.46. The molecular weight excluding hydrogens is 192 g/mol. The van der Waals surface area contributed by atoms with Gasteiger partial charge >= 0.3 is 0 Å². The molecule has 74 valence electrons. The molecule has 13 heavy (non-hydrogen) atoms. The first-order chi connectivity index (χ1) is 6.24. The van der Waals surface area contributed by atoms with Crippen molar-refractivity contribution in [3.05, 3.63) is 0 Å². The first-order valence-electron chi connectivity index (χ1n) is 3.92. The molecule has 0 aliphatic rings. The van der Waals surface area contributed by atoms with E-state index in [-0.39, 0.29) is 12.7 Å². The van der Waals surface area contributed by atoms with Crippen molar-refractivity contribution in [1.82, 2.24) is 20.2 Å². The monoisotopic (exact) mass is 204 g/mol. The Labute approximate surface area is 80.0 Å². The van der Waals surface area contributed by atoms with Crippen LogP contribution in [0.5, 0.6) is 0 Å². The van der Waals surface area contributed by atoms with Crippen molar-refractivity contribution in [2.45, 2.75) is 24.7 Å². The summed E-state index contributed by atoms with van der Waals surface area (Å²) >= 11 is 1.37. The molecule has 7 heteroatoms. The molecule has 0 aliphatic heterocycles. The zero-order valence-electron chi connectivity index (χ0n) is 7.29. The van der Waals surface area contributed by atoms with Crippen LogP contribution in [-0.2, 0) is 6.54 Å². The Morgan fingerprint density at radius 1 is 1.62 bits per heavy atom. The van der Waals surface area contributed by atoms with Crippen LogP contribution in [0.25, 0.3) is 0 Å². The Hall–Kier alpha value is -0.660. The lowest BCUT2D eigenvalue weighted by Gasteiger charge is -2.03. The van der Waals surface area contributed by atoms with E-state index in [4.69, 9.17) is 10.2 Å². The van der Waals surface area contributed by atoms with Gasteiger partial charge in [0.2, 0.25) is 5.16 Å². The van der Waals surface area contributed by atoms with Crippen LogP contribution in [0.4, 0.5) is 0 Å². The average molecular weight is 204 g/mol. The Balaban J connectivity index is 2.49. The first kappa shape index (κ1) is 10.4. The maximum atomic E-state index is 9.02. The largest absolute Gasteiger partial charge is 0.394 e. The number of aromatic nitrogens is 4. The molecule has 6 nitrogen and oxygen atoms in total. The van der Waals surface area contributed by atoms with Crippen molar-refractivity contribution >= 4 is 11.8 Å². The second-order valence-electron chi connectivity index (χ2n) is 2.57. The number of tetrazole rings is 1. The molecule has 0 radical (unpaired) electrons. The van der Waals surface area contributed by atoms with Crippen molar-refractivity contribution in [2.24, 2.45) is 0 Å². The minimum Gasteiger partial charge on any atom is -0.394 e. The third-order valence-electron chi connectivity index (χ3n) is 1.26. The molecule has 0 aliphatic carbocycles. The summed E-state index contributed by atoms with van der Waals surface area (Å²) in [6.45, 7) is 2.09. The topological polar surface area (TPSA) is 84.1 Å². The van der Waals surface area contributed by atoms with Gasteiger partial charge in [-0.2, -0.15) is 0 Å². The molecule has 0 bridgehead atoms. The number of thioether (sulfide) groups is 1. The van der Waals surface area contributed by atoms with Crippen molar-refractivity contribution in [2.75, 3.05) is 12.4 Å². The number of aliphatic hydroxyl groups excluding tert-OH is 2. The highest BCUT2D eigenvalue weighted by molar-refractivity contribution is 7.99. The zero-order chi connectivity index (χ0) is 9.68. The lowest BCUT2D eigenvalue weighted by Crippen LogP contribution is -2.08. The smallest absolute Gasteiger partial charge is 0.209 e. The molecule has 0 saturated carbocycles. The van der Waals surface area contributed by atoms with E-state index in [2.05, 4.69) is 15.5 Å². The van der Waals surface area contributed by atoms with E-state index in [0.29, 0.717) is 17.5 Å². The van der Waals surface area contributed by atoms with E-state index in [1.807, 2.05) is 0 Å². The highest BCUT2D eigenvalue weighted by atomic mass is 32.2. The highest BCUT2D eigenvalue weighted by Crippen LogP contribution is 2.13. The quantitative estimate of drug-likeness (QED) is 0.607. The van der Waals surface area contributed by atoms with E-state index in [1.165, 1.54) is 16.4 Å². The van der Waals surface area contributed by atoms with Crippen LogP contribution in [0.1, 0.15) is 6.92 Å². The Kier molecular flexibility index (Phi) is 4.13. The van der Waals surface area contributed by atoms with Crippen LogP contribution < -0.4 is 0 Å². The summed E-state index contributed by atoms with van der Waals surface area (Å²) in [6, 6.07) is 0. The molecule has 0 spiro atoms. The number of rotatable bonds is 5. The van der Waals surface area contributed by atoms with Gasteiger partial charge in [-0.3, -0.25) is 0 Å². The molecular formula is C6H12N4O2S. The van der Waals surface area contributed by atoms with Crippen LogP contribution in [0.2, 0.25) is 0 Å². The summed E-state index contributed by atoms with van der Waals surface area (Å²) < 4.78 is 1.51. The van der Waals surface area contributed by atoms with E-state index in [1.54, 1.807) is 6.92 Å². The normalized spacial score (nSPS) is 13.2. The van der Waals surface area contributed by atoms with Crippen LogP contribution in [0.15, 0.2) is 5.16 Å². The van der Waals surface area contributed by atoms with Gasteiger partial charge in [0.15, 0.2) is 0 Å². The van der Waals surface area contributed by atoms with Crippen molar-refractivity contribution < 1.29 is 10.2 Å². The molecule has 0 saturated heterocycles. The molecule has 0 fully saturated rings. The van der Waals surface area contributed by atoms with Crippen molar-refractivity contribution in [3.63, 3.8) is 0 Å². The third kappa shape index (κ3) is 3.29. The van der Waals surface area contributed by atoms with Gasteiger partial charge in [0.1, 0.15) is 0 Å². The van der Waals surface area contributed by atoms with Crippen LogP contribution in [0, 0.1) is 0 Å². The lowest BCUT2D eigenvalue weighted by atomic mass is 10.5. The van der Waals surface area contributed by atoms with Crippen LogP contribution >= 0.6 is 11.8 Å². The van der Waals surface area contributed by atoms with Gasteiger partial charge < -0.3 is 10.2 Å². The average Bonchev–Trinajstić information content (AvgIpc) is 2.49. The number of hydrogen-bond donors (Lipinski definition) is 2.